The van der Waals surface area contributed by atoms with Gasteiger partial charge in [0.15, 0.2) is 5.69 Å². The maximum Gasteiger partial charge on any atom is 0.358 e. The average molecular weight is 323 g/mol. The summed E-state index contributed by atoms with van der Waals surface area (Å²) < 4.78 is 10.7. The average Bonchev–Trinajstić information content (AvgIpc) is 2.98. The number of aromatic nitrogens is 2. The summed E-state index contributed by atoms with van der Waals surface area (Å²) in [5.74, 6) is 0.331. The normalized spacial score (nSPS) is 10.5. The molecule has 1 heterocycles. The van der Waals surface area contributed by atoms with Crippen molar-refractivity contribution in [2.24, 2.45) is 0 Å². The van der Waals surface area contributed by atoms with E-state index < -0.39 is 5.97 Å². The first-order valence-corrected chi connectivity index (χ1v) is 7.66. The fraction of sp³-hybridized carbons (Fsp3) is 0.375. The molecule has 0 unspecified atom stereocenters. The Labute approximate surface area is 134 Å². The number of aryl methyl sites for hydroxylation is 1. The van der Waals surface area contributed by atoms with E-state index in [1.165, 1.54) is 0 Å². The lowest BCUT2D eigenvalue weighted by Gasteiger charge is -2.06. The van der Waals surface area contributed by atoms with E-state index in [9.17, 15) is 4.79 Å². The standard InChI is InChI=1S/C16H19ClN2O3/c1-2-4-13-11-15(19-18-13)16(20)22-10-3-9-21-14-7-5-12(17)6-8-14/h5-8,11H,2-4,9-10H2,1H3,(H,18,19). The smallest absolute Gasteiger partial charge is 0.358 e. The summed E-state index contributed by atoms with van der Waals surface area (Å²) in [6.07, 6.45) is 2.48. The number of nitrogens with one attached hydrogen (secondary N) is 1. The monoisotopic (exact) mass is 322 g/mol. The number of aromatic amines is 1. The number of H-pyrrole nitrogens is 1. The highest BCUT2D eigenvalue weighted by Gasteiger charge is 2.11. The largest absolute Gasteiger partial charge is 0.493 e. The third kappa shape index (κ3) is 5.07. The third-order valence-corrected chi connectivity index (χ3v) is 3.22. The van der Waals surface area contributed by atoms with Crippen LogP contribution in [0.15, 0.2) is 30.3 Å². The van der Waals surface area contributed by atoms with Gasteiger partial charge < -0.3 is 9.47 Å². The summed E-state index contributed by atoms with van der Waals surface area (Å²) in [6.45, 7) is 2.83. The van der Waals surface area contributed by atoms with Crippen molar-refractivity contribution in [2.75, 3.05) is 13.2 Å². The molecular weight excluding hydrogens is 304 g/mol. The van der Waals surface area contributed by atoms with Gasteiger partial charge in [0.25, 0.3) is 0 Å². The molecule has 0 amide bonds. The fourth-order valence-electron chi connectivity index (χ4n) is 1.88. The summed E-state index contributed by atoms with van der Waals surface area (Å²) in [7, 11) is 0. The van der Waals surface area contributed by atoms with E-state index in [1.54, 1.807) is 30.3 Å². The van der Waals surface area contributed by atoms with Gasteiger partial charge in [-0.2, -0.15) is 5.10 Å². The zero-order valence-electron chi connectivity index (χ0n) is 12.5. The lowest BCUT2D eigenvalue weighted by atomic mass is 10.2. The van der Waals surface area contributed by atoms with Crippen LogP contribution in [0.1, 0.15) is 35.9 Å². The minimum atomic E-state index is -0.412. The van der Waals surface area contributed by atoms with E-state index in [0.29, 0.717) is 30.4 Å². The molecule has 1 aromatic carbocycles. The lowest BCUT2D eigenvalue weighted by molar-refractivity contribution is 0.0479. The number of ether oxygens (including phenoxy) is 2. The van der Waals surface area contributed by atoms with Crippen LogP contribution in [0.3, 0.4) is 0 Å². The molecule has 22 heavy (non-hydrogen) atoms. The summed E-state index contributed by atoms with van der Waals surface area (Å²) >= 11 is 5.79. The minimum Gasteiger partial charge on any atom is -0.493 e. The number of rotatable bonds is 8. The molecule has 0 aliphatic rings. The van der Waals surface area contributed by atoms with Gasteiger partial charge in [0.05, 0.1) is 13.2 Å². The highest BCUT2D eigenvalue weighted by atomic mass is 35.5. The van der Waals surface area contributed by atoms with Crippen LogP contribution >= 0.6 is 11.6 Å². The highest BCUT2D eigenvalue weighted by molar-refractivity contribution is 6.30. The summed E-state index contributed by atoms with van der Waals surface area (Å²) in [6, 6.07) is 8.86. The molecule has 0 spiro atoms. The van der Waals surface area contributed by atoms with Gasteiger partial charge in [-0.3, -0.25) is 5.10 Å². The Morgan fingerprint density at radius 3 is 2.77 bits per heavy atom. The number of hydrogen-bond donors (Lipinski definition) is 1. The second-order valence-corrected chi connectivity index (χ2v) is 5.26. The predicted molar refractivity (Wildman–Crippen MR) is 84.4 cm³/mol. The SMILES string of the molecule is CCCc1cc(C(=O)OCCCOc2ccc(Cl)cc2)n[nH]1. The molecule has 0 atom stereocenters. The molecule has 1 aromatic heterocycles. The van der Waals surface area contributed by atoms with Gasteiger partial charge in [0, 0.05) is 17.1 Å². The predicted octanol–water partition coefficient (Wildman–Crippen LogP) is 3.64. The van der Waals surface area contributed by atoms with Gasteiger partial charge in [0.2, 0.25) is 0 Å². The maximum absolute atomic E-state index is 11.8. The topological polar surface area (TPSA) is 64.2 Å². The Balaban J connectivity index is 1.65. The van der Waals surface area contributed by atoms with Gasteiger partial charge in [-0.1, -0.05) is 24.9 Å². The van der Waals surface area contributed by atoms with E-state index in [0.717, 1.165) is 24.3 Å². The van der Waals surface area contributed by atoms with E-state index in [-0.39, 0.29) is 0 Å². The Kier molecular flexibility index (Phi) is 6.27. The van der Waals surface area contributed by atoms with Gasteiger partial charge in [-0.15, -0.1) is 0 Å². The summed E-state index contributed by atoms with van der Waals surface area (Å²) in [4.78, 5) is 11.8. The molecule has 0 radical (unpaired) electrons. The van der Waals surface area contributed by atoms with E-state index >= 15 is 0 Å². The highest BCUT2D eigenvalue weighted by Crippen LogP contribution is 2.15. The first-order chi connectivity index (χ1) is 10.7. The number of nitrogens with zero attached hydrogens (tertiary/aromatic N) is 1. The molecule has 118 valence electrons. The quantitative estimate of drug-likeness (QED) is 0.595. The van der Waals surface area contributed by atoms with Crippen molar-refractivity contribution in [3.8, 4) is 5.75 Å². The number of carbonyl (C=O) groups is 1. The van der Waals surface area contributed by atoms with Crippen molar-refractivity contribution >= 4 is 17.6 Å². The van der Waals surface area contributed by atoms with Gasteiger partial charge in [-0.25, -0.2) is 4.79 Å². The number of esters is 1. The second kappa shape index (κ2) is 8.44. The van der Waals surface area contributed by atoms with Gasteiger partial charge in [-0.05, 0) is 36.8 Å². The number of hydrogen-bond acceptors (Lipinski definition) is 4. The van der Waals surface area contributed by atoms with E-state index in [2.05, 4.69) is 17.1 Å². The van der Waals surface area contributed by atoms with Crippen LogP contribution in [0.5, 0.6) is 5.75 Å². The van der Waals surface area contributed by atoms with Crippen molar-refractivity contribution in [1.82, 2.24) is 10.2 Å². The zero-order chi connectivity index (χ0) is 15.8. The summed E-state index contributed by atoms with van der Waals surface area (Å²) in [5.41, 5.74) is 1.27. The molecule has 0 saturated carbocycles. The molecule has 0 aliphatic carbocycles. The molecule has 2 aromatic rings. The molecule has 0 bridgehead atoms. The number of carbonyl (C=O) groups excluding carboxylic acids is 1. The first kappa shape index (κ1) is 16.4. The van der Waals surface area contributed by atoms with Crippen LogP contribution in [-0.2, 0) is 11.2 Å². The van der Waals surface area contributed by atoms with Crippen molar-refractivity contribution in [1.29, 1.82) is 0 Å². The maximum atomic E-state index is 11.8. The molecule has 0 saturated heterocycles. The molecule has 2 rings (SSSR count). The first-order valence-electron chi connectivity index (χ1n) is 7.29. The van der Waals surface area contributed by atoms with Crippen LogP contribution < -0.4 is 4.74 Å². The van der Waals surface area contributed by atoms with Crippen molar-refractivity contribution in [3.63, 3.8) is 0 Å². The Morgan fingerprint density at radius 2 is 2.05 bits per heavy atom. The fourth-order valence-corrected chi connectivity index (χ4v) is 2.01. The van der Waals surface area contributed by atoms with Crippen molar-refractivity contribution < 1.29 is 14.3 Å². The van der Waals surface area contributed by atoms with Crippen LogP contribution in [0.25, 0.3) is 0 Å². The Morgan fingerprint density at radius 1 is 1.27 bits per heavy atom. The molecule has 1 N–H and O–H groups in total. The minimum absolute atomic E-state index is 0.294. The third-order valence-electron chi connectivity index (χ3n) is 2.96. The van der Waals surface area contributed by atoms with E-state index in [4.69, 9.17) is 21.1 Å². The van der Waals surface area contributed by atoms with Gasteiger partial charge >= 0.3 is 5.97 Å². The van der Waals surface area contributed by atoms with Crippen LogP contribution in [-0.4, -0.2) is 29.4 Å². The number of benzene rings is 1. The molecular formula is C16H19ClN2O3. The molecule has 6 heteroatoms. The van der Waals surface area contributed by atoms with Gasteiger partial charge in [0.1, 0.15) is 5.75 Å². The van der Waals surface area contributed by atoms with E-state index in [1.807, 2.05) is 0 Å². The van der Waals surface area contributed by atoms with Crippen molar-refractivity contribution in [2.45, 2.75) is 26.2 Å². The van der Waals surface area contributed by atoms with Crippen LogP contribution in [0, 0.1) is 0 Å². The van der Waals surface area contributed by atoms with Crippen LogP contribution in [0.4, 0.5) is 0 Å². The summed E-state index contributed by atoms with van der Waals surface area (Å²) in [5, 5.41) is 7.44. The Bertz CT molecular complexity index is 596. The molecule has 0 fully saturated rings. The number of halogens is 1. The second-order valence-electron chi connectivity index (χ2n) is 4.82. The molecule has 5 nitrogen and oxygen atoms in total. The lowest BCUT2D eigenvalue weighted by Crippen LogP contribution is -2.09. The zero-order valence-corrected chi connectivity index (χ0v) is 13.2. The Hall–Kier alpha value is -2.01. The molecule has 0 aliphatic heterocycles. The van der Waals surface area contributed by atoms with Crippen molar-refractivity contribution in [3.05, 3.63) is 46.7 Å². The van der Waals surface area contributed by atoms with Crippen LogP contribution in [0.2, 0.25) is 5.02 Å².